The van der Waals surface area contributed by atoms with Gasteiger partial charge in [0.15, 0.2) is 11.5 Å². The Labute approximate surface area is 168 Å². The monoisotopic (exact) mass is 404 g/mol. The number of aliphatic hydroxyl groups excluding tert-OH is 1. The van der Waals surface area contributed by atoms with Crippen LogP contribution in [-0.2, 0) is 6.42 Å². The van der Waals surface area contributed by atoms with E-state index in [9.17, 15) is 9.50 Å². The molecule has 2 heterocycles. The van der Waals surface area contributed by atoms with Crippen LogP contribution < -0.4 is 14.4 Å². The van der Waals surface area contributed by atoms with Crippen molar-refractivity contribution in [1.82, 2.24) is 4.90 Å². The van der Waals surface area contributed by atoms with E-state index in [4.69, 9.17) is 21.1 Å². The molecule has 3 aliphatic rings. The molecular formula is C21H22ClFN2O3. The quantitative estimate of drug-likeness (QED) is 0.833. The molecule has 1 N–H and O–H groups in total. The zero-order chi connectivity index (χ0) is 19.3. The Kier molecular flexibility index (Phi) is 4.57. The first-order valence-corrected chi connectivity index (χ1v) is 10.0. The van der Waals surface area contributed by atoms with Crippen molar-refractivity contribution in [1.29, 1.82) is 0 Å². The molecule has 2 aromatic carbocycles. The molecule has 0 saturated carbocycles. The van der Waals surface area contributed by atoms with Crippen molar-refractivity contribution in [3.63, 3.8) is 0 Å². The number of nitrogens with zero attached hydrogens (tertiary/aromatic N) is 2. The van der Waals surface area contributed by atoms with E-state index in [0.29, 0.717) is 30.4 Å². The number of aliphatic hydroxyl groups is 1. The van der Waals surface area contributed by atoms with Crippen LogP contribution in [0, 0.1) is 5.82 Å². The maximum atomic E-state index is 13.5. The second kappa shape index (κ2) is 7.10. The van der Waals surface area contributed by atoms with Gasteiger partial charge < -0.3 is 19.5 Å². The van der Waals surface area contributed by atoms with E-state index in [2.05, 4.69) is 9.80 Å². The Hall–Kier alpha value is -2.02. The fraction of sp³-hybridized carbons (Fsp3) is 0.429. The van der Waals surface area contributed by atoms with Gasteiger partial charge in [0.2, 0.25) is 0 Å². The first-order chi connectivity index (χ1) is 13.6. The zero-order valence-electron chi connectivity index (χ0n) is 15.4. The average molecular weight is 405 g/mol. The van der Waals surface area contributed by atoms with Crippen molar-refractivity contribution in [2.24, 2.45) is 0 Å². The van der Waals surface area contributed by atoms with E-state index in [-0.39, 0.29) is 11.9 Å². The van der Waals surface area contributed by atoms with Crippen LogP contribution in [0.1, 0.15) is 17.2 Å². The van der Waals surface area contributed by atoms with E-state index in [1.54, 1.807) is 12.1 Å². The maximum absolute atomic E-state index is 13.5. The van der Waals surface area contributed by atoms with Crippen LogP contribution in [0.15, 0.2) is 30.3 Å². The molecule has 1 saturated heterocycles. The third-order valence-electron chi connectivity index (χ3n) is 5.85. The number of ether oxygens (including phenoxy) is 2. The van der Waals surface area contributed by atoms with Gasteiger partial charge in [-0.05, 0) is 29.3 Å². The third-order valence-corrected chi connectivity index (χ3v) is 6.07. The molecule has 1 aliphatic carbocycles. The number of halogens is 2. The van der Waals surface area contributed by atoms with Gasteiger partial charge in [-0.3, -0.25) is 4.90 Å². The summed E-state index contributed by atoms with van der Waals surface area (Å²) >= 11 is 6.29. The van der Waals surface area contributed by atoms with Gasteiger partial charge in [-0.15, -0.1) is 0 Å². The minimum Gasteiger partial charge on any atom is -0.486 e. The van der Waals surface area contributed by atoms with Crippen LogP contribution in [0.4, 0.5) is 10.1 Å². The van der Waals surface area contributed by atoms with Gasteiger partial charge in [0, 0.05) is 43.7 Å². The lowest BCUT2D eigenvalue weighted by Crippen LogP contribution is -2.49. The Morgan fingerprint density at radius 3 is 2.64 bits per heavy atom. The summed E-state index contributed by atoms with van der Waals surface area (Å²) in [5.74, 6) is 1.20. The number of anilines is 1. The zero-order valence-corrected chi connectivity index (χ0v) is 16.2. The highest BCUT2D eigenvalue weighted by molar-refractivity contribution is 6.31. The van der Waals surface area contributed by atoms with Crippen LogP contribution in [0.5, 0.6) is 11.5 Å². The molecule has 5 nitrogen and oxygen atoms in total. The molecule has 2 atom stereocenters. The standard InChI is InChI=1S/C21H22ClFN2O3/c22-14-11-17(21-19(12-14)27-7-8-28-21)24-3-5-25(6-4-24)20-16-2-1-15(23)9-13(16)10-18(20)26/h1-2,9,11-12,18,20,26H,3-8,10H2/t18-,20-/m1/s1. The lowest BCUT2D eigenvalue weighted by atomic mass is 10.0. The second-order valence-corrected chi connectivity index (χ2v) is 7.97. The summed E-state index contributed by atoms with van der Waals surface area (Å²) in [6.45, 7) is 4.22. The van der Waals surface area contributed by atoms with Gasteiger partial charge >= 0.3 is 0 Å². The number of benzene rings is 2. The highest BCUT2D eigenvalue weighted by atomic mass is 35.5. The largest absolute Gasteiger partial charge is 0.486 e. The third kappa shape index (κ3) is 3.09. The first kappa shape index (κ1) is 18.0. The molecule has 2 aliphatic heterocycles. The smallest absolute Gasteiger partial charge is 0.184 e. The molecular weight excluding hydrogens is 383 g/mol. The second-order valence-electron chi connectivity index (χ2n) is 7.53. The van der Waals surface area contributed by atoms with E-state index in [0.717, 1.165) is 48.7 Å². The number of hydrogen-bond donors (Lipinski definition) is 1. The molecule has 0 aromatic heterocycles. The summed E-state index contributed by atoms with van der Waals surface area (Å²) in [5.41, 5.74) is 2.91. The molecule has 0 bridgehead atoms. The van der Waals surface area contributed by atoms with Crippen molar-refractivity contribution in [3.05, 3.63) is 52.3 Å². The fourth-order valence-electron chi connectivity index (χ4n) is 4.60. The first-order valence-electron chi connectivity index (χ1n) is 9.65. The van der Waals surface area contributed by atoms with Gasteiger partial charge in [0.25, 0.3) is 0 Å². The van der Waals surface area contributed by atoms with Gasteiger partial charge in [0.05, 0.1) is 17.8 Å². The normalized spacial score (nSPS) is 24.3. The van der Waals surface area contributed by atoms with Gasteiger partial charge in [-0.25, -0.2) is 4.39 Å². The predicted octanol–water partition coefficient (Wildman–Crippen LogP) is 3.03. The lowest BCUT2D eigenvalue weighted by molar-refractivity contribution is 0.0573. The Bertz CT molecular complexity index is 901. The fourth-order valence-corrected chi connectivity index (χ4v) is 4.80. The molecule has 0 unspecified atom stereocenters. The van der Waals surface area contributed by atoms with Crippen LogP contribution in [0.3, 0.4) is 0 Å². The Morgan fingerprint density at radius 2 is 1.82 bits per heavy atom. The molecule has 0 amide bonds. The molecule has 28 heavy (non-hydrogen) atoms. The van der Waals surface area contributed by atoms with Gasteiger partial charge in [0.1, 0.15) is 19.0 Å². The van der Waals surface area contributed by atoms with E-state index in [1.807, 2.05) is 12.1 Å². The van der Waals surface area contributed by atoms with Crippen LogP contribution in [-0.4, -0.2) is 55.5 Å². The average Bonchev–Trinajstić information content (AvgIpc) is 3.02. The van der Waals surface area contributed by atoms with Crippen molar-refractivity contribution >= 4 is 17.3 Å². The topological polar surface area (TPSA) is 45.2 Å². The van der Waals surface area contributed by atoms with E-state index in [1.165, 1.54) is 6.07 Å². The van der Waals surface area contributed by atoms with E-state index >= 15 is 0 Å². The number of fused-ring (bicyclic) bond motifs is 2. The minimum absolute atomic E-state index is 0.0781. The van der Waals surface area contributed by atoms with Crippen molar-refractivity contribution in [2.75, 3.05) is 44.3 Å². The Morgan fingerprint density at radius 1 is 1.04 bits per heavy atom. The SMILES string of the molecule is O[C@@H]1Cc2cc(F)ccc2[C@H]1N1CCN(c2cc(Cl)cc3c2OCCO3)CC1. The number of piperazine rings is 1. The molecule has 1 fully saturated rings. The van der Waals surface area contributed by atoms with E-state index < -0.39 is 6.10 Å². The maximum Gasteiger partial charge on any atom is 0.184 e. The molecule has 5 rings (SSSR count). The predicted molar refractivity (Wildman–Crippen MR) is 105 cm³/mol. The van der Waals surface area contributed by atoms with Crippen LogP contribution in [0.25, 0.3) is 0 Å². The summed E-state index contributed by atoms with van der Waals surface area (Å²) < 4.78 is 25.1. The summed E-state index contributed by atoms with van der Waals surface area (Å²) in [5, 5.41) is 11.2. The van der Waals surface area contributed by atoms with Crippen LogP contribution in [0.2, 0.25) is 5.02 Å². The molecule has 148 valence electrons. The summed E-state index contributed by atoms with van der Waals surface area (Å²) in [6, 6.07) is 8.48. The highest BCUT2D eigenvalue weighted by Crippen LogP contribution is 2.43. The molecule has 2 aromatic rings. The summed E-state index contributed by atoms with van der Waals surface area (Å²) in [4.78, 5) is 4.54. The molecule has 0 radical (unpaired) electrons. The lowest BCUT2D eigenvalue weighted by Gasteiger charge is -2.41. The van der Waals surface area contributed by atoms with Gasteiger partial charge in [-0.2, -0.15) is 0 Å². The van der Waals surface area contributed by atoms with Crippen molar-refractivity contribution in [3.8, 4) is 11.5 Å². The number of hydrogen-bond acceptors (Lipinski definition) is 5. The van der Waals surface area contributed by atoms with Gasteiger partial charge in [-0.1, -0.05) is 17.7 Å². The number of rotatable bonds is 2. The summed E-state index contributed by atoms with van der Waals surface area (Å²) in [7, 11) is 0. The van der Waals surface area contributed by atoms with Crippen molar-refractivity contribution in [2.45, 2.75) is 18.6 Å². The van der Waals surface area contributed by atoms with Crippen LogP contribution >= 0.6 is 11.6 Å². The molecule has 7 heteroatoms. The molecule has 0 spiro atoms. The Balaban J connectivity index is 1.35. The highest BCUT2D eigenvalue weighted by Gasteiger charge is 2.37. The summed E-state index contributed by atoms with van der Waals surface area (Å²) in [6.07, 6.45) is 0.00400. The van der Waals surface area contributed by atoms with Crippen molar-refractivity contribution < 1.29 is 19.0 Å². The minimum atomic E-state index is -0.501.